The Bertz CT molecular complexity index is 1280. The molecule has 1 N–H and O–H groups in total. The number of hydrogen-bond acceptors (Lipinski definition) is 6. The van der Waals surface area contributed by atoms with Crippen LogP contribution in [0.15, 0.2) is 65.1 Å². The summed E-state index contributed by atoms with van der Waals surface area (Å²) in [5.41, 5.74) is 2.62. The van der Waals surface area contributed by atoms with Gasteiger partial charge in [0.2, 0.25) is 5.89 Å². The largest absolute Gasteiger partial charge is 0.497 e. The van der Waals surface area contributed by atoms with Crippen LogP contribution in [0.2, 0.25) is 0 Å². The van der Waals surface area contributed by atoms with Crippen molar-refractivity contribution >= 4 is 16.7 Å². The summed E-state index contributed by atoms with van der Waals surface area (Å²) in [6.07, 6.45) is -0.0317. The van der Waals surface area contributed by atoms with Gasteiger partial charge in [-0.1, -0.05) is 30.3 Å². The van der Waals surface area contributed by atoms with E-state index in [0.29, 0.717) is 18.9 Å². The number of methoxy groups -OCH3 is 2. The number of aliphatic carboxylic acids is 1. The maximum atomic E-state index is 11.4. The number of benzene rings is 3. The number of aromatic nitrogens is 1. The molecule has 0 fully saturated rings. The molecule has 4 rings (SSSR count). The number of oxazole rings is 1. The Kier molecular flexibility index (Phi) is 7.13. The van der Waals surface area contributed by atoms with Gasteiger partial charge in [-0.25, -0.2) is 9.78 Å². The number of rotatable bonds is 10. The number of aryl methyl sites for hydroxylation is 1. The molecule has 0 aliphatic rings. The number of ether oxygens (including phenoxy) is 3. The molecule has 1 aromatic heterocycles. The number of carbonyl (C=O) groups is 1. The standard InChI is InChI=1S/C27H27NO6/c1-17-23(28-26(34-17)18-8-11-20(31-2)12-9-18)14-15-33-24-13-10-19(16-25(32-3)27(29)30)21-6-4-5-7-22(21)24/h4-13,25H,14-16H2,1-3H3,(H,29,30). The van der Waals surface area contributed by atoms with Crippen molar-refractivity contribution in [1.29, 1.82) is 0 Å². The molecule has 0 bridgehead atoms. The lowest BCUT2D eigenvalue weighted by Gasteiger charge is -2.15. The average molecular weight is 462 g/mol. The first-order valence-electron chi connectivity index (χ1n) is 11.0. The summed E-state index contributed by atoms with van der Waals surface area (Å²) in [4.78, 5) is 16.0. The summed E-state index contributed by atoms with van der Waals surface area (Å²) in [5, 5.41) is 11.2. The van der Waals surface area contributed by atoms with Crippen LogP contribution >= 0.6 is 0 Å². The summed E-state index contributed by atoms with van der Waals surface area (Å²) in [7, 11) is 3.04. The fourth-order valence-corrected chi connectivity index (χ4v) is 3.88. The number of hydrogen-bond donors (Lipinski definition) is 1. The molecule has 0 saturated heterocycles. The van der Waals surface area contributed by atoms with Crippen LogP contribution in [0.5, 0.6) is 11.5 Å². The lowest BCUT2D eigenvalue weighted by atomic mass is 9.99. The van der Waals surface area contributed by atoms with Crippen molar-refractivity contribution in [3.63, 3.8) is 0 Å². The van der Waals surface area contributed by atoms with E-state index in [-0.39, 0.29) is 6.42 Å². The minimum Gasteiger partial charge on any atom is -0.497 e. The normalized spacial score (nSPS) is 12.0. The van der Waals surface area contributed by atoms with Crippen molar-refractivity contribution < 1.29 is 28.5 Å². The molecule has 0 amide bonds. The van der Waals surface area contributed by atoms with E-state index in [4.69, 9.17) is 18.6 Å². The van der Waals surface area contributed by atoms with Gasteiger partial charge < -0.3 is 23.7 Å². The first kappa shape index (κ1) is 23.3. The second-order valence-corrected chi connectivity index (χ2v) is 7.88. The van der Waals surface area contributed by atoms with Gasteiger partial charge in [0.15, 0.2) is 6.10 Å². The molecule has 1 unspecified atom stereocenters. The summed E-state index contributed by atoms with van der Waals surface area (Å²) in [6, 6.07) is 19.2. The van der Waals surface area contributed by atoms with E-state index in [0.717, 1.165) is 44.9 Å². The molecule has 0 aliphatic carbocycles. The van der Waals surface area contributed by atoms with Gasteiger partial charge in [0.25, 0.3) is 0 Å². The van der Waals surface area contributed by atoms with Gasteiger partial charge >= 0.3 is 5.97 Å². The average Bonchev–Trinajstić information content (AvgIpc) is 3.23. The molecule has 4 aromatic rings. The van der Waals surface area contributed by atoms with E-state index >= 15 is 0 Å². The van der Waals surface area contributed by atoms with Crippen molar-refractivity contribution in [1.82, 2.24) is 4.98 Å². The second kappa shape index (κ2) is 10.4. The molecule has 0 radical (unpaired) electrons. The summed E-state index contributed by atoms with van der Waals surface area (Å²) in [5.74, 6) is 1.86. The zero-order valence-corrected chi connectivity index (χ0v) is 19.4. The summed E-state index contributed by atoms with van der Waals surface area (Å²) >= 11 is 0. The van der Waals surface area contributed by atoms with Crippen LogP contribution in [-0.4, -0.2) is 43.0 Å². The Morgan fingerprint density at radius 3 is 2.44 bits per heavy atom. The number of carboxylic acid groups (broad SMARTS) is 1. The van der Waals surface area contributed by atoms with E-state index in [1.165, 1.54) is 7.11 Å². The van der Waals surface area contributed by atoms with E-state index in [2.05, 4.69) is 4.98 Å². The summed E-state index contributed by atoms with van der Waals surface area (Å²) in [6.45, 7) is 2.32. The minimum atomic E-state index is -0.983. The molecule has 1 heterocycles. The van der Waals surface area contributed by atoms with Crippen LogP contribution in [0.25, 0.3) is 22.2 Å². The molecule has 7 heteroatoms. The van der Waals surface area contributed by atoms with Crippen LogP contribution in [-0.2, 0) is 22.4 Å². The van der Waals surface area contributed by atoms with Gasteiger partial charge in [-0.3, -0.25) is 0 Å². The highest BCUT2D eigenvalue weighted by molar-refractivity contribution is 5.91. The van der Waals surface area contributed by atoms with E-state index < -0.39 is 12.1 Å². The van der Waals surface area contributed by atoms with Gasteiger partial charge in [-0.05, 0) is 48.2 Å². The Hall–Kier alpha value is -3.84. The van der Waals surface area contributed by atoms with Crippen LogP contribution in [0.3, 0.4) is 0 Å². The molecular formula is C27H27NO6. The number of nitrogens with zero attached hydrogens (tertiary/aromatic N) is 1. The third-order valence-electron chi connectivity index (χ3n) is 5.77. The van der Waals surface area contributed by atoms with Crippen molar-refractivity contribution in [2.24, 2.45) is 0 Å². The minimum absolute atomic E-state index is 0.277. The molecule has 3 aromatic carbocycles. The maximum Gasteiger partial charge on any atom is 0.333 e. The highest BCUT2D eigenvalue weighted by atomic mass is 16.5. The van der Waals surface area contributed by atoms with Gasteiger partial charge in [-0.15, -0.1) is 0 Å². The highest BCUT2D eigenvalue weighted by Gasteiger charge is 2.19. The monoisotopic (exact) mass is 461 g/mol. The van der Waals surface area contributed by atoms with E-state index in [1.807, 2.05) is 67.6 Å². The van der Waals surface area contributed by atoms with E-state index in [1.54, 1.807) is 7.11 Å². The number of carboxylic acids is 1. The topological polar surface area (TPSA) is 91.0 Å². The predicted octanol–water partition coefficient (Wildman–Crippen LogP) is 5.08. The third-order valence-corrected chi connectivity index (χ3v) is 5.77. The Labute approximate surface area is 197 Å². The van der Waals surface area contributed by atoms with Crippen LogP contribution in [0.1, 0.15) is 17.0 Å². The molecular weight excluding hydrogens is 434 g/mol. The van der Waals surface area contributed by atoms with Gasteiger partial charge in [0, 0.05) is 30.9 Å². The quantitative estimate of drug-likeness (QED) is 0.352. The van der Waals surface area contributed by atoms with Gasteiger partial charge in [0.1, 0.15) is 17.3 Å². The van der Waals surface area contributed by atoms with Gasteiger partial charge in [0.05, 0.1) is 19.4 Å². The first-order chi connectivity index (χ1) is 16.5. The Morgan fingerprint density at radius 1 is 1.03 bits per heavy atom. The third kappa shape index (κ3) is 5.05. The zero-order valence-electron chi connectivity index (χ0n) is 19.4. The molecule has 176 valence electrons. The molecule has 7 nitrogen and oxygen atoms in total. The van der Waals surface area contributed by atoms with Crippen LogP contribution in [0.4, 0.5) is 0 Å². The van der Waals surface area contributed by atoms with Crippen molar-refractivity contribution in [3.05, 3.63) is 77.7 Å². The van der Waals surface area contributed by atoms with Crippen LogP contribution < -0.4 is 9.47 Å². The van der Waals surface area contributed by atoms with Crippen LogP contribution in [0, 0.1) is 6.92 Å². The maximum absolute atomic E-state index is 11.4. The lowest BCUT2D eigenvalue weighted by molar-refractivity contribution is -0.148. The predicted molar refractivity (Wildman–Crippen MR) is 129 cm³/mol. The van der Waals surface area contributed by atoms with Gasteiger partial charge in [-0.2, -0.15) is 0 Å². The van der Waals surface area contributed by atoms with Crippen molar-refractivity contribution in [3.8, 4) is 23.0 Å². The molecule has 0 saturated carbocycles. The summed E-state index contributed by atoms with van der Waals surface area (Å²) < 4.78 is 22.3. The van der Waals surface area contributed by atoms with E-state index in [9.17, 15) is 9.90 Å². The Balaban J connectivity index is 1.47. The molecule has 1 atom stereocenters. The smallest absolute Gasteiger partial charge is 0.333 e. The molecule has 0 aliphatic heterocycles. The zero-order chi connectivity index (χ0) is 24.1. The first-order valence-corrected chi connectivity index (χ1v) is 11.0. The number of fused-ring (bicyclic) bond motifs is 1. The van der Waals surface area contributed by atoms with Crippen molar-refractivity contribution in [2.75, 3.05) is 20.8 Å². The molecule has 0 spiro atoms. The highest BCUT2D eigenvalue weighted by Crippen LogP contribution is 2.30. The second-order valence-electron chi connectivity index (χ2n) is 7.88. The fraction of sp³-hybridized carbons (Fsp3) is 0.259. The SMILES string of the molecule is COc1ccc(-c2nc(CCOc3ccc(CC(OC)C(=O)O)c4ccccc34)c(C)o2)cc1. The lowest BCUT2D eigenvalue weighted by Crippen LogP contribution is -2.24. The van der Waals surface area contributed by atoms with Crippen molar-refractivity contribution in [2.45, 2.75) is 25.9 Å². The Morgan fingerprint density at radius 2 is 1.76 bits per heavy atom. The molecule has 34 heavy (non-hydrogen) atoms. The fourth-order valence-electron chi connectivity index (χ4n) is 3.88.